The van der Waals surface area contributed by atoms with Crippen molar-refractivity contribution in [2.45, 2.75) is 19.3 Å². The van der Waals surface area contributed by atoms with Crippen molar-refractivity contribution in [1.29, 1.82) is 0 Å². The van der Waals surface area contributed by atoms with Crippen molar-refractivity contribution in [3.63, 3.8) is 0 Å². The molecule has 0 aromatic carbocycles. The summed E-state index contributed by atoms with van der Waals surface area (Å²) in [7, 11) is 1.67. The maximum Gasteiger partial charge on any atom is 0.281 e. The number of hydrogen-bond acceptors (Lipinski definition) is 5. The molecule has 1 aliphatic rings. The minimum Gasteiger partial charge on any atom is -0.266 e. The van der Waals surface area contributed by atoms with Gasteiger partial charge >= 0.3 is 0 Å². The summed E-state index contributed by atoms with van der Waals surface area (Å²) in [6, 6.07) is 3.88. The molecule has 1 fully saturated rings. The average molecular weight is 364 g/mol. The van der Waals surface area contributed by atoms with Crippen LogP contribution >= 0.6 is 0 Å². The van der Waals surface area contributed by atoms with E-state index in [-0.39, 0.29) is 5.92 Å². The number of aryl methyl sites for hydroxylation is 1. The zero-order valence-electron chi connectivity index (χ0n) is 14.8. The fourth-order valence-electron chi connectivity index (χ4n) is 3.20. The fourth-order valence-corrected chi connectivity index (χ4v) is 4.43. The number of piperidine rings is 1. The Bertz CT molecular complexity index is 833. The van der Waals surface area contributed by atoms with E-state index in [1.54, 1.807) is 35.6 Å². The lowest BCUT2D eigenvalue weighted by Gasteiger charge is -2.33. The molecule has 0 bridgehead atoms. The Hall–Kier alpha value is -1.84. The molecule has 1 aliphatic heterocycles. The van der Waals surface area contributed by atoms with Gasteiger partial charge in [0.05, 0.1) is 11.4 Å². The third-order valence-electron chi connectivity index (χ3n) is 4.57. The molecule has 8 nitrogen and oxygen atoms in total. The number of hydrogen-bond donors (Lipinski definition) is 0. The minimum absolute atomic E-state index is 0.262. The molecular weight excluding hydrogens is 340 g/mol. The molecule has 0 amide bonds. The maximum absolute atomic E-state index is 12.3. The van der Waals surface area contributed by atoms with Crippen LogP contribution in [-0.4, -0.2) is 64.0 Å². The highest BCUT2D eigenvalue weighted by molar-refractivity contribution is 7.86. The van der Waals surface area contributed by atoms with Crippen LogP contribution in [0.2, 0.25) is 0 Å². The van der Waals surface area contributed by atoms with Crippen molar-refractivity contribution in [2.24, 2.45) is 13.0 Å². The summed E-state index contributed by atoms with van der Waals surface area (Å²) in [5.41, 5.74) is 2.70. The molecular formula is C16H24N6O2S. The first-order chi connectivity index (χ1) is 11.9. The molecule has 25 heavy (non-hydrogen) atoms. The Labute approximate surface area is 148 Å². The van der Waals surface area contributed by atoms with Gasteiger partial charge in [-0.2, -0.15) is 22.1 Å². The van der Waals surface area contributed by atoms with E-state index >= 15 is 0 Å². The highest BCUT2D eigenvalue weighted by Gasteiger charge is 2.30. The normalized spacial score (nSPS) is 19.4. The maximum atomic E-state index is 12.3. The Balaban J connectivity index is 1.73. The van der Waals surface area contributed by atoms with Gasteiger partial charge in [-0.1, -0.05) is 0 Å². The van der Waals surface area contributed by atoms with E-state index < -0.39 is 10.2 Å². The van der Waals surface area contributed by atoms with Gasteiger partial charge in [0.1, 0.15) is 6.33 Å². The topological polar surface area (TPSA) is 84.2 Å². The Morgan fingerprint density at radius 3 is 2.80 bits per heavy atom. The van der Waals surface area contributed by atoms with Gasteiger partial charge in [0.2, 0.25) is 0 Å². The SMILES string of the molecule is CN(C)S(=O)(=O)N1CCC[C@H](Cc2cc(-c3ccnn3C)ncn2)C1. The van der Waals surface area contributed by atoms with Crippen molar-refractivity contribution in [3.05, 3.63) is 30.4 Å². The predicted molar refractivity (Wildman–Crippen MR) is 94.8 cm³/mol. The summed E-state index contributed by atoms with van der Waals surface area (Å²) >= 11 is 0. The summed E-state index contributed by atoms with van der Waals surface area (Å²) in [5, 5.41) is 4.17. The second-order valence-electron chi connectivity index (χ2n) is 6.60. The van der Waals surface area contributed by atoms with E-state index in [1.807, 2.05) is 19.2 Å². The number of rotatable bonds is 5. The van der Waals surface area contributed by atoms with Crippen LogP contribution in [0.3, 0.4) is 0 Å². The minimum atomic E-state index is -3.35. The van der Waals surface area contributed by atoms with E-state index in [9.17, 15) is 8.42 Å². The van der Waals surface area contributed by atoms with Gasteiger partial charge in [-0.25, -0.2) is 9.97 Å². The lowest BCUT2D eigenvalue weighted by atomic mass is 9.94. The van der Waals surface area contributed by atoms with Crippen LogP contribution in [0.1, 0.15) is 18.5 Å². The highest BCUT2D eigenvalue weighted by atomic mass is 32.2. The number of nitrogens with zero attached hydrogens (tertiary/aromatic N) is 6. The molecule has 0 N–H and O–H groups in total. The van der Waals surface area contributed by atoms with Crippen LogP contribution in [0.4, 0.5) is 0 Å². The molecule has 0 saturated carbocycles. The van der Waals surface area contributed by atoms with E-state index in [1.165, 1.54) is 4.31 Å². The van der Waals surface area contributed by atoms with E-state index in [4.69, 9.17) is 0 Å². The van der Waals surface area contributed by atoms with Crippen molar-refractivity contribution < 1.29 is 8.42 Å². The van der Waals surface area contributed by atoms with Crippen LogP contribution in [0.5, 0.6) is 0 Å². The Morgan fingerprint density at radius 2 is 2.12 bits per heavy atom. The second-order valence-corrected chi connectivity index (χ2v) is 8.74. The lowest BCUT2D eigenvalue weighted by molar-refractivity contribution is 0.253. The van der Waals surface area contributed by atoms with Crippen LogP contribution in [0.15, 0.2) is 24.7 Å². The molecule has 0 radical (unpaired) electrons. The van der Waals surface area contributed by atoms with Gasteiger partial charge in [0.25, 0.3) is 10.2 Å². The van der Waals surface area contributed by atoms with Gasteiger partial charge in [-0.05, 0) is 37.3 Å². The average Bonchev–Trinajstić information content (AvgIpc) is 3.01. The van der Waals surface area contributed by atoms with Crippen LogP contribution in [0, 0.1) is 5.92 Å². The monoisotopic (exact) mass is 364 g/mol. The van der Waals surface area contributed by atoms with Gasteiger partial charge in [0, 0.05) is 46.1 Å². The van der Waals surface area contributed by atoms with Gasteiger partial charge in [-0.3, -0.25) is 4.68 Å². The van der Waals surface area contributed by atoms with Gasteiger partial charge in [0.15, 0.2) is 0 Å². The molecule has 3 rings (SSSR count). The third-order valence-corrected chi connectivity index (χ3v) is 6.48. The standard InChI is InChI=1S/C16H24N6O2S/c1-20(2)25(23,24)22-8-4-5-13(11-22)9-14-10-15(18-12-17-14)16-6-7-19-21(16)3/h6-7,10,12-13H,4-5,8-9,11H2,1-3H3/t13-/m1/s1. The first kappa shape index (κ1) is 18.0. The zero-order chi connectivity index (χ0) is 18.0. The molecule has 0 unspecified atom stereocenters. The molecule has 2 aromatic rings. The fraction of sp³-hybridized carbons (Fsp3) is 0.562. The molecule has 9 heteroatoms. The molecule has 2 aromatic heterocycles. The summed E-state index contributed by atoms with van der Waals surface area (Å²) < 4.78 is 29.3. The molecule has 1 atom stereocenters. The molecule has 1 saturated heterocycles. The largest absolute Gasteiger partial charge is 0.281 e. The molecule has 3 heterocycles. The van der Waals surface area contributed by atoms with E-state index in [0.717, 1.165) is 36.3 Å². The van der Waals surface area contributed by atoms with Crippen molar-refractivity contribution in [2.75, 3.05) is 27.2 Å². The predicted octanol–water partition coefficient (Wildman–Crippen LogP) is 0.938. The highest BCUT2D eigenvalue weighted by Crippen LogP contribution is 2.24. The summed E-state index contributed by atoms with van der Waals surface area (Å²) in [4.78, 5) is 8.70. The number of aromatic nitrogens is 4. The molecule has 0 aliphatic carbocycles. The Morgan fingerprint density at radius 1 is 1.32 bits per heavy atom. The second kappa shape index (κ2) is 7.19. The van der Waals surface area contributed by atoms with Crippen molar-refractivity contribution in [3.8, 4) is 11.4 Å². The summed E-state index contributed by atoms with van der Waals surface area (Å²) in [5.74, 6) is 0.262. The van der Waals surface area contributed by atoms with Crippen LogP contribution in [0.25, 0.3) is 11.4 Å². The van der Waals surface area contributed by atoms with Crippen LogP contribution < -0.4 is 0 Å². The van der Waals surface area contributed by atoms with Gasteiger partial charge < -0.3 is 0 Å². The lowest BCUT2D eigenvalue weighted by Crippen LogP contribution is -2.45. The van der Waals surface area contributed by atoms with Crippen molar-refractivity contribution >= 4 is 10.2 Å². The first-order valence-electron chi connectivity index (χ1n) is 8.35. The summed E-state index contributed by atoms with van der Waals surface area (Å²) in [6.07, 6.45) is 5.92. The van der Waals surface area contributed by atoms with E-state index in [2.05, 4.69) is 15.1 Å². The summed E-state index contributed by atoms with van der Waals surface area (Å²) in [6.45, 7) is 1.12. The smallest absolute Gasteiger partial charge is 0.266 e. The van der Waals surface area contributed by atoms with E-state index in [0.29, 0.717) is 13.1 Å². The van der Waals surface area contributed by atoms with Crippen LogP contribution in [-0.2, 0) is 23.7 Å². The first-order valence-corrected chi connectivity index (χ1v) is 9.74. The molecule has 0 spiro atoms. The van der Waals surface area contributed by atoms with Crippen molar-refractivity contribution in [1.82, 2.24) is 28.4 Å². The third kappa shape index (κ3) is 3.88. The zero-order valence-corrected chi connectivity index (χ0v) is 15.6. The van der Waals surface area contributed by atoms with Gasteiger partial charge in [-0.15, -0.1) is 0 Å². The quantitative estimate of drug-likeness (QED) is 0.788. The Kier molecular flexibility index (Phi) is 5.16. The molecule has 136 valence electrons.